The molecule has 3 aromatic heterocycles. The first-order chi connectivity index (χ1) is 28.6. The molecule has 4 N–H and O–H groups in total. The van der Waals surface area contributed by atoms with Crippen molar-refractivity contribution in [2.75, 3.05) is 87.6 Å². The number of nitrogens with zero attached hydrogens (tertiary/aromatic N) is 11. The Morgan fingerprint density at radius 3 is 2.51 bits per heavy atom. The van der Waals surface area contributed by atoms with Crippen LogP contribution in [-0.4, -0.2) is 152 Å². The number of amides is 4. The number of alkyl halides is 2. The van der Waals surface area contributed by atoms with Crippen molar-refractivity contribution in [1.82, 2.24) is 49.1 Å². The number of anilines is 4. The third-order valence-electron chi connectivity index (χ3n) is 13.4. The van der Waals surface area contributed by atoms with Crippen molar-refractivity contribution < 1.29 is 23.2 Å². The molecule has 19 heteroatoms. The van der Waals surface area contributed by atoms with Gasteiger partial charge >= 0.3 is 6.03 Å². The van der Waals surface area contributed by atoms with Gasteiger partial charge in [-0.1, -0.05) is 12.1 Å². The highest BCUT2D eigenvalue weighted by molar-refractivity contribution is 6.05. The van der Waals surface area contributed by atoms with Crippen LogP contribution in [0.2, 0.25) is 0 Å². The van der Waals surface area contributed by atoms with Crippen LogP contribution in [0.1, 0.15) is 59.2 Å². The lowest BCUT2D eigenvalue weighted by atomic mass is 9.92. The van der Waals surface area contributed by atoms with Gasteiger partial charge in [0.05, 0.1) is 36.7 Å². The number of primary amides is 1. The number of piperazine rings is 1. The summed E-state index contributed by atoms with van der Waals surface area (Å²) >= 11 is 0. The van der Waals surface area contributed by atoms with Crippen LogP contribution in [0, 0.1) is 0 Å². The van der Waals surface area contributed by atoms with Crippen molar-refractivity contribution in [1.29, 1.82) is 0 Å². The highest BCUT2D eigenvalue weighted by Gasteiger charge is 2.51. The van der Waals surface area contributed by atoms with E-state index in [9.17, 15) is 14.4 Å². The highest BCUT2D eigenvalue weighted by Crippen LogP contribution is 2.40. The Kier molecular flexibility index (Phi) is 9.52. The molecule has 312 valence electrons. The minimum Gasteiger partial charge on any atom is -0.385 e. The lowest BCUT2D eigenvalue weighted by Gasteiger charge is -2.54. The van der Waals surface area contributed by atoms with Crippen LogP contribution in [0.3, 0.4) is 0 Å². The molecule has 4 aromatic rings. The number of nitrogens with two attached hydrogens (primary N) is 1. The molecule has 0 saturated carbocycles. The molecule has 4 fully saturated rings. The third-order valence-corrected chi connectivity index (χ3v) is 13.4. The standard InChI is InChI=1S/C40H50F2N14O3/c1-44-28-18-33(48-56-31(36(43)58)19-45-37(28)56)53-12-7-27-25(4-2-5-29(27)53)21-49-11-8-32(40(41,42)24-49)52-22-26(23-52)50-14-16-51(17-15-50)30-6-3-10-54-35(20-46-38(30)54)55-13-9-34(57)47-39(55)59/h2,4-5,18-20,26,30,32,44H,3,6-17,21-24H2,1H3,(H2,43,58)(H,47,57,59). The zero-order valence-corrected chi connectivity index (χ0v) is 33.2. The fraction of sp³-hybridized carbons (Fsp3) is 0.550. The van der Waals surface area contributed by atoms with Crippen LogP contribution in [0.15, 0.2) is 36.7 Å². The van der Waals surface area contributed by atoms with E-state index in [1.54, 1.807) is 18.1 Å². The largest absolute Gasteiger partial charge is 0.385 e. The second-order valence-electron chi connectivity index (χ2n) is 16.7. The first kappa shape index (κ1) is 38.0. The molecule has 9 heterocycles. The van der Waals surface area contributed by atoms with Crippen LogP contribution in [-0.2, 0) is 24.3 Å². The van der Waals surface area contributed by atoms with Gasteiger partial charge < -0.3 is 20.5 Å². The molecule has 4 amide bonds. The van der Waals surface area contributed by atoms with E-state index in [2.05, 4.69) is 34.9 Å². The Morgan fingerprint density at radius 1 is 0.949 bits per heavy atom. The maximum Gasteiger partial charge on any atom is 0.329 e. The zero-order chi connectivity index (χ0) is 40.6. The summed E-state index contributed by atoms with van der Waals surface area (Å²) in [7, 11) is 1.79. The summed E-state index contributed by atoms with van der Waals surface area (Å²) in [5.74, 6) is -1.35. The molecule has 1 aromatic carbocycles. The molecule has 0 spiro atoms. The maximum absolute atomic E-state index is 16.0. The van der Waals surface area contributed by atoms with Crippen molar-refractivity contribution in [3.05, 3.63) is 59.3 Å². The number of urea groups is 1. The average Bonchev–Trinajstić information content (AvgIpc) is 3.96. The molecule has 4 saturated heterocycles. The number of benzene rings is 1. The molecule has 2 unspecified atom stereocenters. The van der Waals surface area contributed by atoms with Crippen molar-refractivity contribution in [3.8, 4) is 0 Å². The molecule has 0 radical (unpaired) electrons. The lowest BCUT2D eigenvalue weighted by molar-refractivity contribution is -0.155. The van der Waals surface area contributed by atoms with Crippen LogP contribution in [0.4, 0.5) is 36.6 Å². The number of rotatable bonds is 9. The van der Waals surface area contributed by atoms with Gasteiger partial charge in [-0.25, -0.2) is 28.1 Å². The fourth-order valence-electron chi connectivity index (χ4n) is 10.3. The van der Waals surface area contributed by atoms with Crippen molar-refractivity contribution >= 4 is 46.5 Å². The first-order valence-corrected chi connectivity index (χ1v) is 20.8. The monoisotopic (exact) mass is 812 g/mol. The molecule has 6 aliphatic rings. The number of aromatic nitrogens is 5. The summed E-state index contributed by atoms with van der Waals surface area (Å²) in [5.41, 5.74) is 10.2. The van der Waals surface area contributed by atoms with Crippen LogP contribution in [0.25, 0.3) is 5.65 Å². The van der Waals surface area contributed by atoms with E-state index >= 15 is 8.78 Å². The van der Waals surface area contributed by atoms with E-state index in [0.29, 0.717) is 62.8 Å². The van der Waals surface area contributed by atoms with Crippen molar-refractivity contribution in [3.63, 3.8) is 0 Å². The van der Waals surface area contributed by atoms with Crippen LogP contribution >= 0.6 is 0 Å². The maximum atomic E-state index is 16.0. The summed E-state index contributed by atoms with van der Waals surface area (Å²) in [6, 6.07) is 7.22. The number of hydrogen-bond acceptors (Lipinski definition) is 12. The quantitative estimate of drug-likeness (QED) is 0.226. The van der Waals surface area contributed by atoms with E-state index < -0.39 is 23.9 Å². The van der Waals surface area contributed by atoms with Gasteiger partial charge in [-0.15, -0.1) is 5.10 Å². The summed E-state index contributed by atoms with van der Waals surface area (Å²) in [6.45, 7) is 7.42. The van der Waals surface area contributed by atoms with E-state index in [4.69, 9.17) is 15.8 Å². The second kappa shape index (κ2) is 14.8. The highest BCUT2D eigenvalue weighted by atomic mass is 19.3. The Bertz CT molecular complexity index is 2300. The number of hydrogen-bond donors (Lipinski definition) is 3. The SMILES string of the molecule is CNc1cc(N2CCc3c(CN4CCC(N5CC(N6CCN(C7CCCn8c(N9CCC(=O)NC9=O)cnc87)CC6)C5)C(F)(F)C4)cccc32)nn2c(C(N)=O)cnc12. The van der Waals surface area contributed by atoms with Gasteiger partial charge in [-0.05, 0) is 42.9 Å². The number of imidazole rings is 2. The number of carbonyl (C=O) groups is 3. The van der Waals surface area contributed by atoms with Crippen molar-refractivity contribution in [2.24, 2.45) is 5.73 Å². The molecule has 6 aliphatic heterocycles. The van der Waals surface area contributed by atoms with Gasteiger partial charge in [0.15, 0.2) is 11.5 Å². The van der Waals surface area contributed by atoms with Gasteiger partial charge in [0.2, 0.25) is 5.91 Å². The number of halogens is 2. The molecule has 59 heavy (non-hydrogen) atoms. The van der Waals surface area contributed by atoms with Crippen molar-refractivity contribution in [2.45, 2.75) is 69.2 Å². The van der Waals surface area contributed by atoms with Gasteiger partial charge in [-0.3, -0.25) is 39.4 Å². The summed E-state index contributed by atoms with van der Waals surface area (Å²) in [4.78, 5) is 58.0. The molecular weight excluding hydrogens is 763 g/mol. The van der Waals surface area contributed by atoms with Gasteiger partial charge in [0, 0.05) is 103 Å². The van der Waals surface area contributed by atoms with E-state index in [0.717, 1.165) is 80.4 Å². The Hall–Kier alpha value is -5.24. The Morgan fingerprint density at radius 2 is 1.75 bits per heavy atom. The van der Waals surface area contributed by atoms with Gasteiger partial charge in [-0.2, -0.15) is 0 Å². The summed E-state index contributed by atoms with van der Waals surface area (Å²) in [6.07, 6.45) is 6.60. The third kappa shape index (κ3) is 6.67. The lowest BCUT2D eigenvalue weighted by Crippen LogP contribution is -2.69. The molecule has 0 aliphatic carbocycles. The number of fused-ring (bicyclic) bond motifs is 3. The number of nitrogens with one attached hydrogen (secondary N) is 2. The number of carbonyl (C=O) groups excluding carboxylic acids is 3. The zero-order valence-electron chi connectivity index (χ0n) is 33.2. The second-order valence-corrected chi connectivity index (χ2v) is 16.7. The predicted molar refractivity (Wildman–Crippen MR) is 215 cm³/mol. The van der Waals surface area contributed by atoms with E-state index in [-0.39, 0.29) is 36.7 Å². The summed E-state index contributed by atoms with van der Waals surface area (Å²) < 4.78 is 35.6. The summed E-state index contributed by atoms with van der Waals surface area (Å²) in [5, 5.41) is 10.3. The van der Waals surface area contributed by atoms with E-state index in [1.165, 1.54) is 10.7 Å². The normalized spacial score (nSPS) is 24.6. The molecule has 17 nitrogen and oxygen atoms in total. The molecule has 10 rings (SSSR count). The van der Waals surface area contributed by atoms with Gasteiger partial charge in [0.25, 0.3) is 11.8 Å². The minimum atomic E-state index is -2.83. The fourth-order valence-corrected chi connectivity index (χ4v) is 10.3. The predicted octanol–water partition coefficient (Wildman–Crippen LogP) is 2.25. The number of likely N-dealkylation sites (tertiary alicyclic amines) is 2. The Balaban J connectivity index is 0.736. The van der Waals surface area contributed by atoms with Gasteiger partial charge in [0.1, 0.15) is 17.3 Å². The molecule has 0 bridgehead atoms. The van der Waals surface area contributed by atoms with Crippen LogP contribution in [0.5, 0.6) is 0 Å². The molecule has 2 atom stereocenters. The van der Waals surface area contributed by atoms with Crippen LogP contribution < -0.4 is 26.2 Å². The molecular formula is C40H50F2N14O3. The topological polar surface area (TPSA) is 169 Å². The Labute approximate surface area is 340 Å². The minimum absolute atomic E-state index is 0.159. The van der Waals surface area contributed by atoms with E-state index in [1.807, 2.05) is 34.1 Å². The number of piperidine rings is 1. The number of imide groups is 1. The smallest absolute Gasteiger partial charge is 0.329 e. The first-order valence-electron chi connectivity index (χ1n) is 20.8. The average molecular weight is 813 g/mol.